The van der Waals surface area contributed by atoms with Gasteiger partial charge in [-0.15, -0.1) is 0 Å². The normalized spacial score (nSPS) is 11.1. The summed E-state index contributed by atoms with van der Waals surface area (Å²) in [5, 5.41) is 3.07. The Morgan fingerprint density at radius 3 is 2.29 bits per heavy atom. The van der Waals surface area contributed by atoms with Crippen molar-refractivity contribution in [2.24, 2.45) is 0 Å². The maximum absolute atomic E-state index is 12.2. The molecule has 0 aliphatic heterocycles. The van der Waals surface area contributed by atoms with Gasteiger partial charge in [0.15, 0.2) is 0 Å². The van der Waals surface area contributed by atoms with Crippen LogP contribution < -0.4 is 5.32 Å². The Bertz CT molecular complexity index is 423. The van der Waals surface area contributed by atoms with Crippen LogP contribution in [0.1, 0.15) is 58.4 Å². The first-order chi connectivity index (χ1) is 10.1. The van der Waals surface area contributed by atoms with Crippen molar-refractivity contribution in [2.45, 2.75) is 52.9 Å². The summed E-state index contributed by atoms with van der Waals surface area (Å²) < 4.78 is 0. The molecule has 118 valence electrons. The lowest BCUT2D eigenvalue weighted by molar-refractivity contribution is -0.116. The van der Waals surface area contributed by atoms with Crippen LogP contribution >= 0.6 is 0 Å². The molecular formula is C18H30N2O. The fourth-order valence-corrected chi connectivity index (χ4v) is 2.55. The van der Waals surface area contributed by atoms with Crippen LogP contribution in [0.3, 0.4) is 0 Å². The van der Waals surface area contributed by atoms with Crippen LogP contribution in [0.15, 0.2) is 24.3 Å². The van der Waals surface area contributed by atoms with E-state index < -0.39 is 0 Å². The first kappa shape index (κ1) is 17.7. The zero-order valence-electron chi connectivity index (χ0n) is 14.0. The van der Waals surface area contributed by atoms with Crippen molar-refractivity contribution in [1.82, 2.24) is 4.90 Å². The number of benzene rings is 1. The maximum Gasteiger partial charge on any atom is 0.225 e. The fourth-order valence-electron chi connectivity index (χ4n) is 2.55. The van der Waals surface area contributed by atoms with E-state index in [4.69, 9.17) is 0 Å². The van der Waals surface area contributed by atoms with Crippen LogP contribution in [-0.2, 0) is 4.79 Å². The summed E-state index contributed by atoms with van der Waals surface area (Å²) >= 11 is 0. The summed E-state index contributed by atoms with van der Waals surface area (Å²) in [5.41, 5.74) is 2.15. The van der Waals surface area contributed by atoms with Gasteiger partial charge in [-0.05, 0) is 43.5 Å². The van der Waals surface area contributed by atoms with Crippen molar-refractivity contribution in [1.29, 1.82) is 0 Å². The van der Waals surface area contributed by atoms with Gasteiger partial charge in [0.1, 0.15) is 0 Å². The first-order valence-corrected chi connectivity index (χ1v) is 8.19. The molecule has 0 aromatic heterocycles. The average Bonchev–Trinajstić information content (AvgIpc) is 2.45. The molecular weight excluding hydrogens is 260 g/mol. The molecule has 0 radical (unpaired) electrons. The predicted octanol–water partition coefficient (Wildman–Crippen LogP) is 4.26. The lowest BCUT2D eigenvalue weighted by Crippen LogP contribution is -2.29. The van der Waals surface area contributed by atoms with Crippen LogP contribution in [0.25, 0.3) is 0 Å². The van der Waals surface area contributed by atoms with E-state index in [1.54, 1.807) is 0 Å². The Balaban J connectivity index is 2.53. The van der Waals surface area contributed by atoms with Crippen LogP contribution in [-0.4, -0.2) is 30.4 Å². The number of hydrogen-bond donors (Lipinski definition) is 1. The minimum Gasteiger partial charge on any atom is -0.326 e. The average molecular weight is 290 g/mol. The van der Waals surface area contributed by atoms with E-state index in [-0.39, 0.29) is 5.91 Å². The Kier molecular flexibility index (Phi) is 8.06. The summed E-state index contributed by atoms with van der Waals surface area (Å²) in [6.45, 7) is 11.7. The maximum atomic E-state index is 12.2. The number of hydrogen-bond acceptors (Lipinski definition) is 2. The van der Waals surface area contributed by atoms with Gasteiger partial charge in [-0.1, -0.05) is 45.9 Å². The van der Waals surface area contributed by atoms with Crippen molar-refractivity contribution in [3.8, 4) is 0 Å². The van der Waals surface area contributed by atoms with Crippen LogP contribution in [0.5, 0.6) is 0 Å². The Hall–Kier alpha value is -1.35. The third-order valence-corrected chi connectivity index (χ3v) is 3.59. The molecule has 3 heteroatoms. The van der Waals surface area contributed by atoms with Gasteiger partial charge >= 0.3 is 0 Å². The largest absolute Gasteiger partial charge is 0.326 e. The molecule has 0 fully saturated rings. The highest BCUT2D eigenvalue weighted by Gasteiger charge is 2.10. The number of carbonyl (C=O) groups is 1. The minimum absolute atomic E-state index is 0.111. The van der Waals surface area contributed by atoms with Crippen LogP contribution in [0.4, 0.5) is 5.69 Å². The SMILES string of the molecule is CCCN(CCC)CCC(=O)Nc1ccccc1C(C)C. The molecule has 0 heterocycles. The lowest BCUT2D eigenvalue weighted by atomic mass is 10.0. The van der Waals surface area contributed by atoms with E-state index in [1.165, 1.54) is 5.56 Å². The predicted molar refractivity (Wildman–Crippen MR) is 90.8 cm³/mol. The number of nitrogens with zero attached hydrogens (tertiary/aromatic N) is 1. The summed E-state index contributed by atoms with van der Waals surface area (Å²) in [4.78, 5) is 14.5. The molecule has 1 amide bonds. The van der Waals surface area contributed by atoms with Gasteiger partial charge in [-0.2, -0.15) is 0 Å². The summed E-state index contributed by atoms with van der Waals surface area (Å²) in [5.74, 6) is 0.526. The molecule has 1 aromatic rings. The number of rotatable bonds is 9. The molecule has 1 aromatic carbocycles. The highest BCUT2D eigenvalue weighted by molar-refractivity contribution is 5.91. The molecule has 21 heavy (non-hydrogen) atoms. The van der Waals surface area contributed by atoms with E-state index in [2.05, 4.69) is 44.0 Å². The second-order valence-corrected chi connectivity index (χ2v) is 5.88. The van der Waals surface area contributed by atoms with Crippen molar-refractivity contribution < 1.29 is 4.79 Å². The van der Waals surface area contributed by atoms with E-state index >= 15 is 0 Å². The van der Waals surface area contributed by atoms with E-state index in [9.17, 15) is 4.79 Å². The zero-order valence-corrected chi connectivity index (χ0v) is 14.0. The molecule has 1 N–H and O–H groups in total. The van der Waals surface area contributed by atoms with Gasteiger partial charge < -0.3 is 10.2 Å². The summed E-state index contributed by atoms with van der Waals surface area (Å²) in [7, 11) is 0. The van der Waals surface area contributed by atoms with Crippen molar-refractivity contribution in [2.75, 3.05) is 25.0 Å². The minimum atomic E-state index is 0.111. The molecule has 3 nitrogen and oxygen atoms in total. The Morgan fingerprint density at radius 2 is 1.71 bits per heavy atom. The molecule has 0 aliphatic carbocycles. The van der Waals surface area contributed by atoms with Gasteiger partial charge in [0.05, 0.1) is 0 Å². The van der Waals surface area contributed by atoms with E-state index in [1.807, 2.05) is 18.2 Å². The van der Waals surface area contributed by atoms with E-state index in [0.29, 0.717) is 12.3 Å². The second-order valence-electron chi connectivity index (χ2n) is 5.88. The van der Waals surface area contributed by atoms with Crippen LogP contribution in [0.2, 0.25) is 0 Å². The fraction of sp³-hybridized carbons (Fsp3) is 0.611. The highest BCUT2D eigenvalue weighted by atomic mass is 16.1. The van der Waals surface area contributed by atoms with Gasteiger partial charge in [0.2, 0.25) is 5.91 Å². The summed E-state index contributed by atoms with van der Waals surface area (Å²) in [6.07, 6.45) is 2.84. The molecule has 0 saturated heterocycles. The number of para-hydroxylation sites is 1. The van der Waals surface area contributed by atoms with Crippen LogP contribution in [0, 0.1) is 0 Å². The smallest absolute Gasteiger partial charge is 0.225 e. The van der Waals surface area contributed by atoms with Crippen molar-refractivity contribution >= 4 is 11.6 Å². The molecule has 0 unspecified atom stereocenters. The van der Waals surface area contributed by atoms with Gasteiger partial charge in [0, 0.05) is 18.7 Å². The number of nitrogens with one attached hydrogen (secondary N) is 1. The monoisotopic (exact) mass is 290 g/mol. The third-order valence-electron chi connectivity index (χ3n) is 3.59. The quantitative estimate of drug-likeness (QED) is 0.737. The topological polar surface area (TPSA) is 32.3 Å². The molecule has 0 spiro atoms. The standard InChI is InChI=1S/C18H30N2O/c1-5-12-20(13-6-2)14-11-18(21)19-17-10-8-7-9-16(17)15(3)4/h7-10,15H,5-6,11-14H2,1-4H3,(H,19,21). The van der Waals surface area contributed by atoms with Gasteiger partial charge in [-0.25, -0.2) is 0 Å². The molecule has 0 aliphatic rings. The van der Waals surface area contributed by atoms with Gasteiger partial charge in [0.25, 0.3) is 0 Å². The van der Waals surface area contributed by atoms with Crippen molar-refractivity contribution in [3.05, 3.63) is 29.8 Å². The first-order valence-electron chi connectivity index (χ1n) is 8.19. The third kappa shape index (κ3) is 6.30. The zero-order chi connectivity index (χ0) is 15.7. The number of anilines is 1. The Labute approximate surface area is 129 Å². The van der Waals surface area contributed by atoms with E-state index in [0.717, 1.165) is 38.2 Å². The molecule has 1 rings (SSSR count). The number of amides is 1. The molecule has 0 bridgehead atoms. The van der Waals surface area contributed by atoms with Crippen molar-refractivity contribution in [3.63, 3.8) is 0 Å². The molecule has 0 atom stereocenters. The second kappa shape index (κ2) is 9.56. The lowest BCUT2D eigenvalue weighted by Gasteiger charge is -2.21. The molecule has 0 saturated carbocycles. The number of carbonyl (C=O) groups excluding carboxylic acids is 1. The highest BCUT2D eigenvalue weighted by Crippen LogP contribution is 2.23. The Morgan fingerprint density at radius 1 is 1.10 bits per heavy atom. The van der Waals surface area contributed by atoms with Gasteiger partial charge in [-0.3, -0.25) is 4.79 Å². The summed E-state index contributed by atoms with van der Waals surface area (Å²) in [6, 6.07) is 8.07.